The Morgan fingerprint density at radius 1 is 1.24 bits per heavy atom. The summed E-state index contributed by atoms with van der Waals surface area (Å²) in [5.74, 6) is 0.815. The van der Waals surface area contributed by atoms with Gasteiger partial charge in [0.2, 0.25) is 0 Å². The van der Waals surface area contributed by atoms with Gasteiger partial charge >= 0.3 is 0 Å². The minimum atomic E-state index is -0.162. The summed E-state index contributed by atoms with van der Waals surface area (Å²) in [6.07, 6.45) is 0. The zero-order chi connectivity index (χ0) is 12.5. The normalized spacial score (nSPS) is 12.2. The van der Waals surface area contributed by atoms with Crippen LogP contribution in [0, 0.1) is 0 Å². The first-order valence-electron chi connectivity index (χ1n) is 5.84. The Bertz CT molecular complexity index is 508. The van der Waals surface area contributed by atoms with Crippen LogP contribution in [-0.4, -0.2) is 5.60 Å². The van der Waals surface area contributed by atoms with Crippen molar-refractivity contribution in [2.45, 2.75) is 39.5 Å². The summed E-state index contributed by atoms with van der Waals surface area (Å²) in [5, 5.41) is 1.09. The summed E-state index contributed by atoms with van der Waals surface area (Å²) in [7, 11) is 0. The Balaban J connectivity index is 2.37. The van der Waals surface area contributed by atoms with Crippen molar-refractivity contribution >= 4 is 11.0 Å². The van der Waals surface area contributed by atoms with Crippen LogP contribution in [0.5, 0.6) is 0 Å². The zero-order valence-corrected chi connectivity index (χ0v) is 10.6. The lowest BCUT2D eigenvalue weighted by Crippen LogP contribution is -2.19. The molecule has 0 aliphatic heterocycles. The van der Waals surface area contributed by atoms with Gasteiger partial charge in [0, 0.05) is 10.9 Å². The van der Waals surface area contributed by atoms with Crippen molar-refractivity contribution in [1.82, 2.24) is 0 Å². The first-order chi connectivity index (χ1) is 8.01. The number of hydrogen-bond acceptors (Lipinski definition) is 3. The molecule has 3 heteroatoms. The molecule has 2 rings (SSSR count). The molecule has 0 atom stereocenters. The second kappa shape index (κ2) is 4.51. The third-order valence-corrected chi connectivity index (χ3v) is 2.62. The number of furan rings is 1. The highest BCUT2D eigenvalue weighted by Crippen LogP contribution is 2.27. The lowest BCUT2D eigenvalue weighted by molar-refractivity contribution is -0.0150. The van der Waals surface area contributed by atoms with Crippen LogP contribution < -0.4 is 5.73 Å². The Labute approximate surface area is 102 Å². The number of ether oxygens (including phenoxy) is 1. The lowest BCUT2D eigenvalue weighted by Gasteiger charge is -2.19. The molecule has 0 aliphatic rings. The molecule has 2 N–H and O–H groups in total. The van der Waals surface area contributed by atoms with Gasteiger partial charge in [0.25, 0.3) is 0 Å². The molecule has 0 bridgehead atoms. The fourth-order valence-corrected chi connectivity index (χ4v) is 1.76. The lowest BCUT2D eigenvalue weighted by atomic mass is 10.1. The molecule has 0 aliphatic carbocycles. The monoisotopic (exact) mass is 233 g/mol. The van der Waals surface area contributed by atoms with Crippen LogP contribution in [0.2, 0.25) is 0 Å². The minimum absolute atomic E-state index is 0.162. The largest absolute Gasteiger partial charge is 0.459 e. The first kappa shape index (κ1) is 12.1. The number of hydrogen-bond donors (Lipinski definition) is 1. The van der Waals surface area contributed by atoms with Crippen molar-refractivity contribution in [2.75, 3.05) is 0 Å². The molecule has 2 aromatic rings. The maximum atomic E-state index is 5.81. The predicted octanol–water partition coefficient (Wildman–Crippen LogP) is 3.21. The molecule has 0 unspecified atom stereocenters. The second-order valence-electron chi connectivity index (χ2n) is 5.11. The average Bonchev–Trinajstić information content (AvgIpc) is 2.63. The molecule has 1 aromatic heterocycles. The van der Waals surface area contributed by atoms with Gasteiger partial charge < -0.3 is 14.9 Å². The molecule has 0 amide bonds. The minimum Gasteiger partial charge on any atom is -0.459 e. The third kappa shape index (κ3) is 2.68. The van der Waals surface area contributed by atoms with E-state index in [1.54, 1.807) is 0 Å². The molecular weight excluding hydrogens is 214 g/mol. The fraction of sp³-hybridized carbons (Fsp3) is 0.429. The van der Waals surface area contributed by atoms with E-state index in [2.05, 4.69) is 0 Å². The highest BCUT2D eigenvalue weighted by atomic mass is 16.5. The Kier molecular flexibility index (Phi) is 3.22. The van der Waals surface area contributed by atoms with Crippen LogP contribution in [-0.2, 0) is 17.9 Å². The topological polar surface area (TPSA) is 48.4 Å². The van der Waals surface area contributed by atoms with Gasteiger partial charge in [0.15, 0.2) is 0 Å². The summed E-state index contributed by atoms with van der Waals surface area (Å²) < 4.78 is 11.5. The van der Waals surface area contributed by atoms with Crippen LogP contribution >= 0.6 is 0 Å². The quantitative estimate of drug-likeness (QED) is 0.885. The first-order valence-corrected chi connectivity index (χ1v) is 5.84. The van der Waals surface area contributed by atoms with Gasteiger partial charge in [-0.3, -0.25) is 0 Å². The summed E-state index contributed by atoms with van der Waals surface area (Å²) in [5.41, 5.74) is 7.49. The fourth-order valence-electron chi connectivity index (χ4n) is 1.76. The van der Waals surface area contributed by atoms with Crippen LogP contribution in [0.3, 0.4) is 0 Å². The number of fused-ring (bicyclic) bond motifs is 1. The van der Waals surface area contributed by atoms with Crippen LogP contribution in [0.1, 0.15) is 32.1 Å². The number of para-hydroxylation sites is 1. The molecule has 0 spiro atoms. The van der Waals surface area contributed by atoms with Gasteiger partial charge in [-0.2, -0.15) is 0 Å². The highest BCUT2D eigenvalue weighted by molar-refractivity contribution is 5.82. The second-order valence-corrected chi connectivity index (χ2v) is 5.11. The van der Waals surface area contributed by atoms with E-state index in [0.717, 1.165) is 22.3 Å². The Morgan fingerprint density at radius 2 is 1.94 bits per heavy atom. The van der Waals surface area contributed by atoms with E-state index in [4.69, 9.17) is 14.9 Å². The number of rotatable bonds is 3. The molecule has 0 saturated carbocycles. The molecule has 92 valence electrons. The Morgan fingerprint density at radius 3 is 2.59 bits per heavy atom. The van der Waals surface area contributed by atoms with Crippen molar-refractivity contribution < 1.29 is 9.15 Å². The van der Waals surface area contributed by atoms with Gasteiger partial charge in [0.1, 0.15) is 11.3 Å². The van der Waals surface area contributed by atoms with E-state index < -0.39 is 0 Å². The van der Waals surface area contributed by atoms with Crippen molar-refractivity contribution in [2.24, 2.45) is 5.73 Å². The van der Waals surface area contributed by atoms with Gasteiger partial charge in [-0.1, -0.05) is 18.2 Å². The van der Waals surface area contributed by atoms with Crippen molar-refractivity contribution in [1.29, 1.82) is 0 Å². The van der Waals surface area contributed by atoms with Crippen LogP contribution in [0.25, 0.3) is 11.0 Å². The van der Waals surface area contributed by atoms with E-state index >= 15 is 0 Å². The molecular formula is C14H19NO2. The predicted molar refractivity (Wildman–Crippen MR) is 68.6 cm³/mol. The Hall–Kier alpha value is -1.32. The molecule has 0 saturated heterocycles. The standard InChI is InChI=1S/C14H19NO2/c1-14(2,3)16-9-11-10-6-4-5-7-12(10)17-13(11)8-15/h4-7H,8-9,15H2,1-3H3. The highest BCUT2D eigenvalue weighted by Gasteiger charge is 2.16. The number of nitrogens with two attached hydrogens (primary N) is 1. The smallest absolute Gasteiger partial charge is 0.134 e. The molecule has 17 heavy (non-hydrogen) atoms. The third-order valence-electron chi connectivity index (χ3n) is 2.62. The zero-order valence-electron chi connectivity index (χ0n) is 10.6. The van der Waals surface area contributed by atoms with Gasteiger partial charge in [0.05, 0.1) is 18.8 Å². The van der Waals surface area contributed by atoms with Crippen molar-refractivity contribution in [3.05, 3.63) is 35.6 Å². The summed E-state index contributed by atoms with van der Waals surface area (Å²) in [6.45, 7) is 7.05. The number of benzene rings is 1. The maximum Gasteiger partial charge on any atom is 0.134 e. The summed E-state index contributed by atoms with van der Waals surface area (Å²) in [4.78, 5) is 0. The SMILES string of the molecule is CC(C)(C)OCc1c(CN)oc2ccccc12. The van der Waals surface area contributed by atoms with Gasteiger partial charge in [-0.15, -0.1) is 0 Å². The van der Waals surface area contributed by atoms with E-state index in [-0.39, 0.29) is 5.60 Å². The maximum absolute atomic E-state index is 5.81. The average molecular weight is 233 g/mol. The van der Waals surface area contributed by atoms with E-state index in [9.17, 15) is 0 Å². The molecule has 3 nitrogen and oxygen atoms in total. The van der Waals surface area contributed by atoms with Crippen molar-refractivity contribution in [3.63, 3.8) is 0 Å². The van der Waals surface area contributed by atoms with Gasteiger partial charge in [-0.05, 0) is 26.8 Å². The molecule has 0 radical (unpaired) electrons. The summed E-state index contributed by atoms with van der Waals surface area (Å²) >= 11 is 0. The van der Waals surface area contributed by atoms with E-state index in [1.807, 2.05) is 45.0 Å². The summed E-state index contributed by atoms with van der Waals surface area (Å²) in [6, 6.07) is 7.95. The van der Waals surface area contributed by atoms with E-state index in [1.165, 1.54) is 0 Å². The molecule has 1 heterocycles. The molecule has 0 fully saturated rings. The molecule has 1 aromatic carbocycles. The van der Waals surface area contributed by atoms with Gasteiger partial charge in [-0.25, -0.2) is 0 Å². The van der Waals surface area contributed by atoms with Crippen LogP contribution in [0.4, 0.5) is 0 Å². The van der Waals surface area contributed by atoms with Crippen molar-refractivity contribution in [3.8, 4) is 0 Å². The van der Waals surface area contributed by atoms with E-state index in [0.29, 0.717) is 13.2 Å². The van der Waals surface area contributed by atoms with Crippen LogP contribution in [0.15, 0.2) is 28.7 Å².